The third-order valence-electron chi connectivity index (χ3n) is 4.82. The first-order valence-electron chi connectivity index (χ1n) is 7.99. The van der Waals surface area contributed by atoms with Crippen LogP contribution in [0.5, 0.6) is 0 Å². The van der Waals surface area contributed by atoms with Gasteiger partial charge in [0.1, 0.15) is 5.52 Å². The predicted molar refractivity (Wildman–Crippen MR) is 81.0 cm³/mol. The molecule has 2 aliphatic rings. The molecule has 0 amide bonds. The van der Waals surface area contributed by atoms with Gasteiger partial charge in [-0.2, -0.15) is 0 Å². The van der Waals surface area contributed by atoms with Crippen molar-refractivity contribution in [3.63, 3.8) is 0 Å². The topological polar surface area (TPSA) is 38.1 Å². The number of fused-ring (bicyclic) bond motifs is 1. The van der Waals surface area contributed by atoms with Crippen LogP contribution in [0.3, 0.4) is 0 Å². The minimum absolute atomic E-state index is 0.582. The molecule has 2 fully saturated rings. The van der Waals surface area contributed by atoms with Crippen LogP contribution in [0.4, 0.5) is 5.69 Å². The lowest BCUT2D eigenvalue weighted by Gasteiger charge is -2.14. The fourth-order valence-electron chi connectivity index (χ4n) is 3.35. The maximum atomic E-state index is 5.81. The van der Waals surface area contributed by atoms with Crippen LogP contribution >= 0.6 is 0 Å². The Bertz CT molecular complexity index is 614. The lowest BCUT2D eigenvalue weighted by Crippen LogP contribution is -2.15. The van der Waals surface area contributed by atoms with E-state index >= 15 is 0 Å². The first-order chi connectivity index (χ1) is 9.81. The van der Waals surface area contributed by atoms with E-state index in [1.54, 1.807) is 0 Å². The number of hydrogen-bond acceptors (Lipinski definition) is 3. The summed E-state index contributed by atoms with van der Waals surface area (Å²) >= 11 is 0. The zero-order valence-electron chi connectivity index (χ0n) is 12.1. The van der Waals surface area contributed by atoms with E-state index < -0.39 is 0 Å². The summed E-state index contributed by atoms with van der Waals surface area (Å²) in [6.07, 6.45) is 7.75. The van der Waals surface area contributed by atoms with E-state index in [-0.39, 0.29) is 0 Å². The summed E-state index contributed by atoms with van der Waals surface area (Å²) < 4.78 is 5.81. The summed E-state index contributed by atoms with van der Waals surface area (Å²) in [4.78, 5) is 4.63. The van der Waals surface area contributed by atoms with Crippen molar-refractivity contribution in [1.82, 2.24) is 4.98 Å². The molecule has 3 heteroatoms. The van der Waals surface area contributed by atoms with Crippen LogP contribution in [0.25, 0.3) is 11.1 Å². The quantitative estimate of drug-likeness (QED) is 0.875. The Morgan fingerprint density at radius 1 is 1.25 bits per heavy atom. The molecule has 106 valence electrons. The molecule has 0 radical (unpaired) electrons. The highest BCUT2D eigenvalue weighted by Gasteiger charge is 2.29. The Morgan fingerprint density at radius 3 is 2.90 bits per heavy atom. The smallest absolute Gasteiger partial charge is 0.198 e. The van der Waals surface area contributed by atoms with E-state index in [1.807, 2.05) is 0 Å². The first-order valence-corrected chi connectivity index (χ1v) is 7.99. The maximum Gasteiger partial charge on any atom is 0.198 e. The lowest BCUT2D eigenvalue weighted by molar-refractivity contribution is 0.525. The second-order valence-electron chi connectivity index (χ2n) is 6.44. The number of nitrogens with zero attached hydrogens (tertiary/aromatic N) is 1. The Hall–Kier alpha value is -1.51. The molecule has 0 spiro atoms. The van der Waals surface area contributed by atoms with Gasteiger partial charge < -0.3 is 9.73 Å². The normalized spacial score (nSPS) is 26.2. The van der Waals surface area contributed by atoms with Gasteiger partial charge in [0.15, 0.2) is 11.5 Å². The molecule has 1 aromatic carbocycles. The van der Waals surface area contributed by atoms with Gasteiger partial charge in [0, 0.05) is 17.6 Å². The van der Waals surface area contributed by atoms with E-state index in [4.69, 9.17) is 4.42 Å². The summed E-state index contributed by atoms with van der Waals surface area (Å²) in [7, 11) is 0. The zero-order valence-corrected chi connectivity index (χ0v) is 12.1. The van der Waals surface area contributed by atoms with E-state index in [2.05, 4.69) is 35.4 Å². The Kier molecular flexibility index (Phi) is 2.94. The molecule has 2 aliphatic carbocycles. The SMILES string of the molecule is CCC1CCC(Nc2ccc3oc(C4CC4)nc3c2)C1. The average molecular weight is 270 g/mol. The molecule has 0 aliphatic heterocycles. The van der Waals surface area contributed by atoms with Crippen LogP contribution in [0, 0.1) is 5.92 Å². The number of benzene rings is 1. The molecule has 0 bridgehead atoms. The molecule has 1 heterocycles. The van der Waals surface area contributed by atoms with Gasteiger partial charge in [-0.15, -0.1) is 0 Å². The molecule has 2 aromatic rings. The van der Waals surface area contributed by atoms with Gasteiger partial charge in [-0.1, -0.05) is 13.3 Å². The van der Waals surface area contributed by atoms with Crippen LogP contribution in [-0.4, -0.2) is 11.0 Å². The molecule has 2 saturated carbocycles. The molecule has 2 unspecified atom stereocenters. The Morgan fingerprint density at radius 2 is 2.15 bits per heavy atom. The molecule has 4 rings (SSSR count). The van der Waals surface area contributed by atoms with Crippen molar-refractivity contribution in [3.05, 3.63) is 24.1 Å². The highest BCUT2D eigenvalue weighted by molar-refractivity contribution is 5.77. The van der Waals surface area contributed by atoms with Crippen LogP contribution in [0.15, 0.2) is 22.6 Å². The van der Waals surface area contributed by atoms with Crippen LogP contribution in [0.2, 0.25) is 0 Å². The van der Waals surface area contributed by atoms with Crippen LogP contribution in [-0.2, 0) is 0 Å². The predicted octanol–water partition coefficient (Wildman–Crippen LogP) is 4.70. The van der Waals surface area contributed by atoms with Crippen molar-refractivity contribution in [3.8, 4) is 0 Å². The van der Waals surface area contributed by atoms with Gasteiger partial charge in [-0.3, -0.25) is 0 Å². The fraction of sp³-hybridized carbons (Fsp3) is 0.588. The van der Waals surface area contributed by atoms with Crippen molar-refractivity contribution in [2.24, 2.45) is 5.92 Å². The molecule has 1 aromatic heterocycles. The molecule has 2 atom stereocenters. The van der Waals surface area contributed by atoms with Crippen molar-refractivity contribution >= 4 is 16.8 Å². The molecular formula is C17H22N2O. The van der Waals surface area contributed by atoms with Gasteiger partial charge in [0.2, 0.25) is 0 Å². The van der Waals surface area contributed by atoms with Gasteiger partial charge in [0.05, 0.1) is 0 Å². The first kappa shape index (κ1) is 12.2. The van der Waals surface area contributed by atoms with E-state index in [0.717, 1.165) is 22.9 Å². The van der Waals surface area contributed by atoms with Crippen LogP contribution < -0.4 is 5.32 Å². The van der Waals surface area contributed by atoms with Gasteiger partial charge >= 0.3 is 0 Å². The highest BCUT2D eigenvalue weighted by Crippen LogP contribution is 2.40. The fourth-order valence-corrected chi connectivity index (χ4v) is 3.35. The van der Waals surface area contributed by atoms with E-state index in [1.165, 1.54) is 44.2 Å². The van der Waals surface area contributed by atoms with Gasteiger partial charge in [-0.05, 0) is 56.2 Å². The summed E-state index contributed by atoms with van der Waals surface area (Å²) in [5.41, 5.74) is 3.12. The molecular weight excluding hydrogens is 248 g/mol. The van der Waals surface area contributed by atoms with Crippen molar-refractivity contribution in [2.45, 2.75) is 57.4 Å². The third kappa shape index (κ3) is 2.30. The third-order valence-corrected chi connectivity index (χ3v) is 4.82. The van der Waals surface area contributed by atoms with Crippen molar-refractivity contribution in [1.29, 1.82) is 0 Å². The largest absolute Gasteiger partial charge is 0.440 e. The Labute approximate surface area is 119 Å². The minimum atomic E-state index is 0.582. The molecule has 20 heavy (non-hydrogen) atoms. The number of aromatic nitrogens is 1. The number of hydrogen-bond donors (Lipinski definition) is 1. The summed E-state index contributed by atoms with van der Waals surface area (Å²) in [6, 6.07) is 6.96. The summed E-state index contributed by atoms with van der Waals surface area (Å²) in [5.74, 6) is 2.42. The monoisotopic (exact) mass is 270 g/mol. The second kappa shape index (κ2) is 4.80. The zero-order chi connectivity index (χ0) is 13.5. The minimum Gasteiger partial charge on any atom is -0.440 e. The Balaban J connectivity index is 1.51. The molecule has 0 saturated heterocycles. The standard InChI is InChI=1S/C17H22N2O/c1-2-11-3-6-13(9-11)18-14-7-8-16-15(10-14)19-17(20-16)12-4-5-12/h7-8,10-13,18H,2-6,9H2,1H3. The number of anilines is 1. The second-order valence-corrected chi connectivity index (χ2v) is 6.44. The number of rotatable bonds is 4. The van der Waals surface area contributed by atoms with E-state index in [0.29, 0.717) is 12.0 Å². The number of nitrogens with one attached hydrogen (secondary N) is 1. The summed E-state index contributed by atoms with van der Waals surface area (Å²) in [5, 5.41) is 3.67. The van der Waals surface area contributed by atoms with Gasteiger partial charge in [0.25, 0.3) is 0 Å². The van der Waals surface area contributed by atoms with Crippen molar-refractivity contribution < 1.29 is 4.42 Å². The summed E-state index contributed by atoms with van der Waals surface area (Å²) in [6.45, 7) is 2.30. The van der Waals surface area contributed by atoms with Crippen molar-refractivity contribution in [2.75, 3.05) is 5.32 Å². The maximum absolute atomic E-state index is 5.81. The lowest BCUT2D eigenvalue weighted by atomic mass is 10.1. The molecule has 1 N–H and O–H groups in total. The molecule has 3 nitrogen and oxygen atoms in total. The highest BCUT2D eigenvalue weighted by atomic mass is 16.3. The average Bonchev–Trinajstić information content (AvgIpc) is 3.07. The number of oxazole rings is 1. The van der Waals surface area contributed by atoms with Crippen LogP contribution in [0.1, 0.15) is 57.3 Å². The van der Waals surface area contributed by atoms with E-state index in [9.17, 15) is 0 Å². The van der Waals surface area contributed by atoms with Gasteiger partial charge in [-0.25, -0.2) is 4.98 Å².